The molecule has 1 aliphatic heterocycles. The second kappa shape index (κ2) is 5.93. The predicted octanol–water partition coefficient (Wildman–Crippen LogP) is 2.94. The molecule has 2 N–H and O–H groups in total. The summed E-state index contributed by atoms with van der Waals surface area (Å²) in [6, 6.07) is 8.35. The molecule has 2 rings (SSSR count). The summed E-state index contributed by atoms with van der Waals surface area (Å²) in [5, 5.41) is 0. The summed E-state index contributed by atoms with van der Waals surface area (Å²) >= 11 is 0. The van der Waals surface area contributed by atoms with Gasteiger partial charge in [-0.15, -0.1) is 0 Å². The first-order valence-electron chi connectivity index (χ1n) is 7.07. The molecule has 1 fully saturated rings. The number of hydrogen-bond acceptors (Lipinski definition) is 3. The number of benzene rings is 1. The average Bonchev–Trinajstić information content (AvgIpc) is 2.34. The fraction of sp³-hybridized carbons (Fsp3) is 0.625. The third-order valence-electron chi connectivity index (χ3n) is 3.65. The van der Waals surface area contributed by atoms with E-state index in [9.17, 15) is 0 Å². The second-order valence-electron chi connectivity index (χ2n) is 6.18. The SMILES string of the molecule is CC(C)Oc1ccc(C(CN)CC2(C)COC2)cc1. The van der Waals surface area contributed by atoms with E-state index >= 15 is 0 Å². The summed E-state index contributed by atoms with van der Waals surface area (Å²) in [6.07, 6.45) is 1.30. The number of rotatable bonds is 6. The van der Waals surface area contributed by atoms with Gasteiger partial charge in [0.1, 0.15) is 5.75 Å². The Morgan fingerprint density at radius 3 is 2.32 bits per heavy atom. The van der Waals surface area contributed by atoms with Crippen molar-refractivity contribution in [1.82, 2.24) is 0 Å². The largest absolute Gasteiger partial charge is 0.491 e. The van der Waals surface area contributed by atoms with Gasteiger partial charge >= 0.3 is 0 Å². The Balaban J connectivity index is 2.02. The van der Waals surface area contributed by atoms with E-state index in [4.69, 9.17) is 15.2 Å². The van der Waals surface area contributed by atoms with Crippen LogP contribution >= 0.6 is 0 Å². The van der Waals surface area contributed by atoms with Crippen molar-refractivity contribution in [2.45, 2.75) is 39.2 Å². The van der Waals surface area contributed by atoms with Gasteiger partial charge in [0, 0.05) is 5.41 Å². The highest BCUT2D eigenvalue weighted by Crippen LogP contribution is 2.37. The molecule has 19 heavy (non-hydrogen) atoms. The van der Waals surface area contributed by atoms with Crippen molar-refractivity contribution in [1.29, 1.82) is 0 Å². The summed E-state index contributed by atoms with van der Waals surface area (Å²) in [4.78, 5) is 0. The molecule has 1 aliphatic rings. The van der Waals surface area contributed by atoms with E-state index in [-0.39, 0.29) is 6.10 Å². The van der Waals surface area contributed by atoms with Crippen LogP contribution in [0.3, 0.4) is 0 Å². The first-order valence-corrected chi connectivity index (χ1v) is 7.07. The van der Waals surface area contributed by atoms with Crippen molar-refractivity contribution in [3.63, 3.8) is 0 Å². The van der Waals surface area contributed by atoms with Crippen LogP contribution in [0.15, 0.2) is 24.3 Å². The van der Waals surface area contributed by atoms with E-state index < -0.39 is 0 Å². The lowest BCUT2D eigenvalue weighted by Gasteiger charge is -2.40. The Bertz CT molecular complexity index is 396. The van der Waals surface area contributed by atoms with Crippen LogP contribution < -0.4 is 10.5 Å². The van der Waals surface area contributed by atoms with Gasteiger partial charge < -0.3 is 15.2 Å². The molecular formula is C16H25NO2. The normalized spacial score (nSPS) is 19.0. The Hall–Kier alpha value is -1.06. The van der Waals surface area contributed by atoms with Crippen molar-refractivity contribution in [2.24, 2.45) is 11.1 Å². The lowest BCUT2D eigenvalue weighted by molar-refractivity contribution is -0.108. The highest BCUT2D eigenvalue weighted by Gasteiger charge is 2.35. The van der Waals surface area contributed by atoms with Crippen molar-refractivity contribution in [3.8, 4) is 5.75 Å². The fourth-order valence-corrected chi connectivity index (χ4v) is 2.59. The van der Waals surface area contributed by atoms with Gasteiger partial charge in [-0.25, -0.2) is 0 Å². The summed E-state index contributed by atoms with van der Waals surface area (Å²) < 4.78 is 11.0. The molecule has 1 aromatic rings. The van der Waals surface area contributed by atoms with Crippen LogP contribution in [-0.2, 0) is 4.74 Å². The number of nitrogens with two attached hydrogens (primary N) is 1. The molecule has 1 aromatic carbocycles. The predicted molar refractivity (Wildman–Crippen MR) is 77.5 cm³/mol. The lowest BCUT2D eigenvalue weighted by atomic mass is 9.77. The number of ether oxygens (including phenoxy) is 2. The summed E-state index contributed by atoms with van der Waals surface area (Å²) in [5.41, 5.74) is 7.54. The highest BCUT2D eigenvalue weighted by molar-refractivity contribution is 5.30. The van der Waals surface area contributed by atoms with Crippen LogP contribution in [0.2, 0.25) is 0 Å². The van der Waals surface area contributed by atoms with Gasteiger partial charge in [-0.05, 0) is 50.4 Å². The lowest BCUT2D eigenvalue weighted by Crippen LogP contribution is -2.41. The van der Waals surface area contributed by atoms with Crippen molar-refractivity contribution in [3.05, 3.63) is 29.8 Å². The second-order valence-corrected chi connectivity index (χ2v) is 6.18. The van der Waals surface area contributed by atoms with Crippen LogP contribution in [0.25, 0.3) is 0 Å². The number of hydrogen-bond donors (Lipinski definition) is 1. The van der Waals surface area contributed by atoms with E-state index in [2.05, 4.69) is 19.1 Å². The van der Waals surface area contributed by atoms with Gasteiger partial charge in [-0.3, -0.25) is 0 Å². The molecule has 1 heterocycles. The maximum absolute atomic E-state index is 5.94. The average molecular weight is 263 g/mol. The van der Waals surface area contributed by atoms with Crippen LogP contribution in [-0.4, -0.2) is 25.9 Å². The van der Waals surface area contributed by atoms with Crippen molar-refractivity contribution in [2.75, 3.05) is 19.8 Å². The summed E-state index contributed by atoms with van der Waals surface area (Å²) in [6.45, 7) is 8.74. The molecular weight excluding hydrogens is 238 g/mol. The standard InChI is InChI=1S/C16H25NO2/c1-12(2)19-15-6-4-13(5-7-15)14(9-17)8-16(3)10-18-11-16/h4-7,12,14H,8-11,17H2,1-3H3. The molecule has 3 heteroatoms. The van der Waals surface area contributed by atoms with Crippen LogP contribution in [0, 0.1) is 5.41 Å². The molecule has 1 unspecified atom stereocenters. The zero-order valence-corrected chi connectivity index (χ0v) is 12.2. The van der Waals surface area contributed by atoms with Gasteiger partial charge in [0.25, 0.3) is 0 Å². The minimum absolute atomic E-state index is 0.210. The third-order valence-corrected chi connectivity index (χ3v) is 3.65. The minimum atomic E-state index is 0.210. The maximum Gasteiger partial charge on any atom is 0.119 e. The molecule has 1 atom stereocenters. The molecule has 1 saturated heterocycles. The highest BCUT2D eigenvalue weighted by atomic mass is 16.5. The smallest absolute Gasteiger partial charge is 0.119 e. The van der Waals surface area contributed by atoms with Crippen LogP contribution in [0.4, 0.5) is 0 Å². The molecule has 0 amide bonds. The Morgan fingerprint density at radius 1 is 1.26 bits per heavy atom. The van der Waals surface area contributed by atoms with Gasteiger partial charge in [-0.1, -0.05) is 19.1 Å². The summed E-state index contributed by atoms with van der Waals surface area (Å²) in [7, 11) is 0. The monoisotopic (exact) mass is 263 g/mol. The van der Waals surface area contributed by atoms with Gasteiger partial charge in [-0.2, -0.15) is 0 Å². The fourth-order valence-electron chi connectivity index (χ4n) is 2.59. The van der Waals surface area contributed by atoms with Gasteiger partial charge in [0.2, 0.25) is 0 Å². The maximum atomic E-state index is 5.94. The van der Waals surface area contributed by atoms with Crippen LogP contribution in [0.5, 0.6) is 5.75 Å². The zero-order chi connectivity index (χ0) is 13.9. The Morgan fingerprint density at radius 2 is 1.89 bits per heavy atom. The van der Waals surface area contributed by atoms with E-state index in [1.807, 2.05) is 26.0 Å². The van der Waals surface area contributed by atoms with Gasteiger partial charge in [0.05, 0.1) is 19.3 Å². The molecule has 0 aromatic heterocycles. The molecule has 106 valence electrons. The molecule has 0 spiro atoms. The van der Waals surface area contributed by atoms with Gasteiger partial charge in [0.15, 0.2) is 0 Å². The minimum Gasteiger partial charge on any atom is -0.491 e. The zero-order valence-electron chi connectivity index (χ0n) is 12.2. The van der Waals surface area contributed by atoms with E-state index in [0.29, 0.717) is 17.9 Å². The Kier molecular flexibility index (Phi) is 4.48. The molecule has 3 nitrogen and oxygen atoms in total. The molecule has 0 aliphatic carbocycles. The quantitative estimate of drug-likeness (QED) is 0.858. The first-order chi connectivity index (χ1) is 9.02. The molecule has 0 saturated carbocycles. The first kappa shape index (κ1) is 14.4. The molecule has 0 bridgehead atoms. The van der Waals surface area contributed by atoms with E-state index in [1.165, 1.54) is 5.56 Å². The topological polar surface area (TPSA) is 44.5 Å². The Labute approximate surface area is 116 Å². The third kappa shape index (κ3) is 3.71. The van der Waals surface area contributed by atoms with Crippen molar-refractivity contribution < 1.29 is 9.47 Å². The van der Waals surface area contributed by atoms with Crippen LogP contribution in [0.1, 0.15) is 38.7 Å². The molecule has 0 radical (unpaired) electrons. The van der Waals surface area contributed by atoms with E-state index in [1.54, 1.807) is 0 Å². The van der Waals surface area contributed by atoms with E-state index in [0.717, 1.165) is 25.4 Å². The summed E-state index contributed by atoms with van der Waals surface area (Å²) in [5.74, 6) is 1.33. The van der Waals surface area contributed by atoms with Crippen molar-refractivity contribution >= 4 is 0 Å².